The highest BCUT2D eigenvalue weighted by molar-refractivity contribution is 5.96. The lowest BCUT2D eigenvalue weighted by Gasteiger charge is -2.14. The van der Waals surface area contributed by atoms with E-state index in [0.717, 1.165) is 5.69 Å². The molecule has 0 amide bonds. The molecule has 132 valence electrons. The normalized spacial score (nSPS) is 10.3. The summed E-state index contributed by atoms with van der Waals surface area (Å²) in [5.74, 6) is -0.108. The maximum atomic E-state index is 12.2. The molecule has 1 aromatic carbocycles. The predicted octanol–water partition coefficient (Wildman–Crippen LogP) is 2.03. The molecule has 8 heteroatoms. The molecular formula is C18H17N5O3. The highest BCUT2D eigenvalue weighted by Crippen LogP contribution is 2.30. The van der Waals surface area contributed by atoms with Gasteiger partial charge in [-0.3, -0.25) is 4.68 Å². The number of aryl methyl sites for hydroxylation is 1. The van der Waals surface area contributed by atoms with Gasteiger partial charge in [0.1, 0.15) is 18.4 Å². The van der Waals surface area contributed by atoms with Crippen molar-refractivity contribution in [3.63, 3.8) is 0 Å². The van der Waals surface area contributed by atoms with E-state index in [1.54, 1.807) is 29.1 Å². The fourth-order valence-electron chi connectivity index (χ4n) is 2.58. The molecule has 0 aliphatic heterocycles. The third kappa shape index (κ3) is 2.98. The first-order chi connectivity index (χ1) is 12.6. The summed E-state index contributed by atoms with van der Waals surface area (Å²) in [5, 5.41) is 13.4. The number of nitrogens with two attached hydrogens (primary N) is 1. The minimum absolute atomic E-state index is 0.0702. The lowest BCUT2D eigenvalue weighted by molar-refractivity contribution is 0.0593. The minimum atomic E-state index is -0.634. The van der Waals surface area contributed by atoms with Crippen LogP contribution < -0.4 is 10.5 Å². The number of esters is 1. The first-order valence-electron chi connectivity index (χ1n) is 7.75. The van der Waals surface area contributed by atoms with Crippen LogP contribution in [0, 0.1) is 11.3 Å². The Balaban J connectivity index is 2.04. The van der Waals surface area contributed by atoms with E-state index in [1.165, 1.54) is 17.9 Å². The van der Waals surface area contributed by atoms with Gasteiger partial charge in [0.15, 0.2) is 5.69 Å². The van der Waals surface area contributed by atoms with Gasteiger partial charge in [-0.25, -0.2) is 4.79 Å². The summed E-state index contributed by atoms with van der Waals surface area (Å²) in [7, 11) is 3.09. The second-order valence-electron chi connectivity index (χ2n) is 5.48. The van der Waals surface area contributed by atoms with E-state index >= 15 is 0 Å². The van der Waals surface area contributed by atoms with E-state index in [2.05, 4.69) is 5.10 Å². The van der Waals surface area contributed by atoms with Crippen molar-refractivity contribution >= 4 is 11.7 Å². The highest BCUT2D eigenvalue weighted by atomic mass is 16.5. The number of methoxy groups -OCH3 is 1. The topological polar surface area (TPSA) is 108 Å². The number of nitrogens with zero attached hydrogens (tertiary/aromatic N) is 4. The third-order valence-corrected chi connectivity index (χ3v) is 3.97. The van der Waals surface area contributed by atoms with Crippen LogP contribution in [0.25, 0.3) is 5.69 Å². The average Bonchev–Trinajstić information content (AvgIpc) is 3.22. The van der Waals surface area contributed by atoms with Crippen LogP contribution in [-0.2, 0) is 18.4 Å². The molecule has 3 rings (SSSR count). The Morgan fingerprint density at radius 2 is 2.12 bits per heavy atom. The number of carbonyl (C=O) groups excluding carboxylic acids is 1. The SMILES string of the molecule is COC(=O)c1c(N)c(C#N)cn1-c1ccccc1OCc1ccnn1C. The average molecular weight is 351 g/mol. The highest BCUT2D eigenvalue weighted by Gasteiger charge is 2.23. The first kappa shape index (κ1) is 17.1. The van der Waals surface area contributed by atoms with Crippen LogP contribution in [-0.4, -0.2) is 27.4 Å². The molecule has 0 aliphatic carbocycles. The van der Waals surface area contributed by atoms with Crippen molar-refractivity contribution in [3.05, 3.63) is 59.7 Å². The Hall–Kier alpha value is -3.73. The van der Waals surface area contributed by atoms with Gasteiger partial charge in [0.25, 0.3) is 0 Å². The minimum Gasteiger partial charge on any atom is -0.485 e. The van der Waals surface area contributed by atoms with E-state index in [1.807, 2.05) is 25.2 Å². The number of carbonyl (C=O) groups is 1. The number of ether oxygens (including phenoxy) is 2. The molecule has 8 nitrogen and oxygen atoms in total. The van der Waals surface area contributed by atoms with Crippen LogP contribution in [0.1, 0.15) is 21.7 Å². The predicted molar refractivity (Wildman–Crippen MR) is 93.8 cm³/mol. The lowest BCUT2D eigenvalue weighted by Crippen LogP contribution is -2.12. The molecular weight excluding hydrogens is 334 g/mol. The van der Waals surface area contributed by atoms with E-state index in [0.29, 0.717) is 18.0 Å². The number of hydrogen-bond donors (Lipinski definition) is 1. The monoisotopic (exact) mass is 351 g/mol. The smallest absolute Gasteiger partial charge is 0.357 e. The Bertz CT molecular complexity index is 997. The molecule has 3 aromatic rings. The molecule has 0 atom stereocenters. The molecule has 0 radical (unpaired) electrons. The summed E-state index contributed by atoms with van der Waals surface area (Å²) in [6.45, 7) is 0.295. The van der Waals surface area contributed by atoms with Crippen molar-refractivity contribution < 1.29 is 14.3 Å². The summed E-state index contributed by atoms with van der Waals surface area (Å²) in [5.41, 5.74) is 7.75. The second-order valence-corrected chi connectivity index (χ2v) is 5.48. The molecule has 2 N–H and O–H groups in total. The summed E-state index contributed by atoms with van der Waals surface area (Å²) in [6, 6.07) is 11.0. The fourth-order valence-corrected chi connectivity index (χ4v) is 2.58. The largest absolute Gasteiger partial charge is 0.485 e. The molecule has 2 heterocycles. The van der Waals surface area contributed by atoms with Gasteiger partial charge >= 0.3 is 5.97 Å². The zero-order valence-corrected chi connectivity index (χ0v) is 14.3. The molecule has 0 spiro atoms. The summed E-state index contributed by atoms with van der Waals surface area (Å²) >= 11 is 0. The number of anilines is 1. The van der Waals surface area contributed by atoms with Crippen molar-refractivity contribution in [2.75, 3.05) is 12.8 Å². The Morgan fingerprint density at radius 1 is 1.35 bits per heavy atom. The number of nitrogen functional groups attached to an aromatic ring is 1. The third-order valence-electron chi connectivity index (χ3n) is 3.97. The maximum absolute atomic E-state index is 12.2. The summed E-state index contributed by atoms with van der Waals surface area (Å²) in [6.07, 6.45) is 3.18. The van der Waals surface area contributed by atoms with Crippen LogP contribution in [0.4, 0.5) is 5.69 Å². The van der Waals surface area contributed by atoms with Gasteiger partial charge in [0.05, 0.1) is 29.7 Å². The van der Waals surface area contributed by atoms with E-state index in [-0.39, 0.29) is 16.9 Å². The van der Waals surface area contributed by atoms with Crippen LogP contribution >= 0.6 is 0 Å². The Morgan fingerprint density at radius 3 is 2.77 bits per heavy atom. The molecule has 0 fully saturated rings. The van der Waals surface area contributed by atoms with Crippen molar-refractivity contribution in [1.29, 1.82) is 5.26 Å². The second kappa shape index (κ2) is 7.03. The standard InChI is InChI=1S/C18H17N5O3/c1-22-13(7-8-21-22)11-26-15-6-4-3-5-14(15)23-10-12(9-19)16(20)17(23)18(24)25-2/h3-8,10H,11,20H2,1-2H3. The molecule has 26 heavy (non-hydrogen) atoms. The van der Waals surface area contributed by atoms with E-state index in [9.17, 15) is 10.1 Å². The van der Waals surface area contributed by atoms with Crippen LogP contribution in [0.3, 0.4) is 0 Å². The number of benzene rings is 1. The van der Waals surface area contributed by atoms with Crippen molar-refractivity contribution in [2.45, 2.75) is 6.61 Å². The quantitative estimate of drug-likeness (QED) is 0.705. The van der Waals surface area contributed by atoms with Crippen molar-refractivity contribution in [3.8, 4) is 17.5 Å². The van der Waals surface area contributed by atoms with E-state index in [4.69, 9.17) is 15.2 Å². The zero-order chi connectivity index (χ0) is 18.7. The summed E-state index contributed by atoms with van der Waals surface area (Å²) in [4.78, 5) is 12.2. The molecule has 0 saturated heterocycles. The zero-order valence-electron chi connectivity index (χ0n) is 14.3. The molecule has 2 aromatic heterocycles. The van der Waals surface area contributed by atoms with Crippen molar-refractivity contribution in [1.82, 2.24) is 14.3 Å². The Labute approximate surface area is 150 Å². The van der Waals surface area contributed by atoms with Gasteiger partial charge in [-0.2, -0.15) is 10.4 Å². The van der Waals surface area contributed by atoms with Gasteiger partial charge in [-0.05, 0) is 18.2 Å². The molecule has 0 saturated carbocycles. The molecule has 0 aliphatic rings. The van der Waals surface area contributed by atoms with Crippen molar-refractivity contribution in [2.24, 2.45) is 7.05 Å². The van der Waals surface area contributed by atoms with Gasteiger partial charge in [-0.1, -0.05) is 12.1 Å². The number of hydrogen-bond acceptors (Lipinski definition) is 6. The van der Waals surface area contributed by atoms with Crippen LogP contribution in [0.2, 0.25) is 0 Å². The molecule has 0 unspecified atom stereocenters. The van der Waals surface area contributed by atoms with Crippen LogP contribution in [0.5, 0.6) is 5.75 Å². The first-order valence-corrected chi connectivity index (χ1v) is 7.75. The lowest BCUT2D eigenvalue weighted by atomic mass is 10.2. The van der Waals surface area contributed by atoms with E-state index < -0.39 is 5.97 Å². The number of aromatic nitrogens is 3. The van der Waals surface area contributed by atoms with Crippen LogP contribution in [0.15, 0.2) is 42.7 Å². The van der Waals surface area contributed by atoms with Gasteiger partial charge in [0.2, 0.25) is 0 Å². The van der Waals surface area contributed by atoms with Gasteiger partial charge in [0, 0.05) is 19.4 Å². The van der Waals surface area contributed by atoms with Gasteiger partial charge < -0.3 is 19.8 Å². The number of para-hydroxylation sites is 2. The van der Waals surface area contributed by atoms with Gasteiger partial charge in [-0.15, -0.1) is 0 Å². The molecule has 0 bridgehead atoms. The maximum Gasteiger partial charge on any atom is 0.357 e. The fraction of sp³-hybridized carbons (Fsp3) is 0.167. The number of nitriles is 1. The number of rotatable bonds is 5. The Kier molecular flexibility index (Phi) is 4.62. The summed E-state index contributed by atoms with van der Waals surface area (Å²) < 4.78 is 13.9.